The van der Waals surface area contributed by atoms with E-state index in [0.29, 0.717) is 0 Å². The maximum Gasteiger partial charge on any atom is 0.0908 e. The maximum atomic E-state index is 6.44. The van der Waals surface area contributed by atoms with Crippen molar-refractivity contribution in [2.75, 3.05) is 22.9 Å². The Morgan fingerprint density at radius 3 is 2.37 bits per heavy atom. The number of nitrogens with zero attached hydrogens (tertiary/aromatic N) is 3. The van der Waals surface area contributed by atoms with Gasteiger partial charge in [0.1, 0.15) is 0 Å². The number of aryl methyl sites for hydroxylation is 1. The van der Waals surface area contributed by atoms with Crippen molar-refractivity contribution < 1.29 is 0 Å². The second-order valence-electron chi connectivity index (χ2n) is 8.26. The van der Waals surface area contributed by atoms with E-state index in [0.717, 1.165) is 47.3 Å². The summed E-state index contributed by atoms with van der Waals surface area (Å²) in [6.07, 6.45) is 2.10. The van der Waals surface area contributed by atoms with Crippen molar-refractivity contribution in [1.29, 1.82) is 0 Å². The predicted octanol–water partition coefficient (Wildman–Crippen LogP) is 6.14. The molecule has 1 heterocycles. The molecule has 0 fully saturated rings. The van der Waals surface area contributed by atoms with Crippen LogP contribution < -0.4 is 15.5 Å². The van der Waals surface area contributed by atoms with Gasteiger partial charge in [0.15, 0.2) is 0 Å². The number of aliphatic imine (C=N–C) groups is 1. The first-order chi connectivity index (χ1) is 14.4. The van der Waals surface area contributed by atoms with E-state index in [9.17, 15) is 0 Å². The minimum atomic E-state index is 0.187. The molecule has 4 rings (SSSR count). The van der Waals surface area contributed by atoms with E-state index in [-0.39, 0.29) is 5.92 Å². The summed E-state index contributed by atoms with van der Waals surface area (Å²) >= 11 is 0. The van der Waals surface area contributed by atoms with Crippen LogP contribution in [0.25, 0.3) is 0 Å². The first kappa shape index (κ1) is 20.3. The molecule has 1 aliphatic heterocycles. The summed E-state index contributed by atoms with van der Waals surface area (Å²) in [7, 11) is 0. The summed E-state index contributed by atoms with van der Waals surface area (Å²) in [6, 6.07) is 12.9. The second-order valence-corrected chi connectivity index (χ2v) is 8.26. The lowest BCUT2D eigenvalue weighted by atomic mass is 9.85. The van der Waals surface area contributed by atoms with Gasteiger partial charge in [0, 0.05) is 36.1 Å². The van der Waals surface area contributed by atoms with E-state index in [2.05, 4.69) is 93.8 Å². The van der Waals surface area contributed by atoms with Gasteiger partial charge in [-0.15, -0.1) is 0 Å². The Kier molecular flexibility index (Phi) is 5.19. The van der Waals surface area contributed by atoms with E-state index < -0.39 is 0 Å². The summed E-state index contributed by atoms with van der Waals surface area (Å²) in [5.74, 6) is 0.187. The van der Waals surface area contributed by atoms with Crippen molar-refractivity contribution in [3.05, 3.63) is 70.6 Å². The highest BCUT2D eigenvalue weighted by atomic mass is 15.2. The van der Waals surface area contributed by atoms with E-state index in [4.69, 9.17) is 10.7 Å². The molecule has 0 saturated heterocycles. The van der Waals surface area contributed by atoms with Crippen LogP contribution in [0.1, 0.15) is 38.8 Å². The first-order valence-electron chi connectivity index (χ1n) is 10.9. The van der Waals surface area contributed by atoms with E-state index >= 15 is 0 Å². The number of hydrogen-bond acceptors (Lipinski definition) is 4. The van der Waals surface area contributed by atoms with Crippen LogP contribution in [0.2, 0.25) is 0 Å². The molecule has 2 aromatic rings. The fourth-order valence-electron chi connectivity index (χ4n) is 4.61. The summed E-state index contributed by atoms with van der Waals surface area (Å²) in [5.41, 5.74) is 17.8. The molecule has 0 aromatic heterocycles. The summed E-state index contributed by atoms with van der Waals surface area (Å²) in [5, 5.41) is 0. The molecule has 30 heavy (non-hydrogen) atoms. The highest BCUT2D eigenvalue weighted by Crippen LogP contribution is 2.50. The smallest absolute Gasteiger partial charge is 0.0908 e. The number of nitrogens with two attached hydrogens (primary N) is 1. The molecule has 0 amide bonds. The van der Waals surface area contributed by atoms with Crippen LogP contribution >= 0.6 is 0 Å². The molecule has 4 heteroatoms. The molecule has 1 unspecified atom stereocenters. The molecule has 0 spiro atoms. The van der Waals surface area contributed by atoms with Crippen molar-refractivity contribution in [3.8, 4) is 0 Å². The van der Waals surface area contributed by atoms with Gasteiger partial charge in [0.25, 0.3) is 0 Å². The van der Waals surface area contributed by atoms with Crippen molar-refractivity contribution >= 4 is 28.5 Å². The van der Waals surface area contributed by atoms with Crippen molar-refractivity contribution in [2.45, 2.75) is 41.5 Å². The molecule has 156 valence electrons. The fourth-order valence-corrected chi connectivity index (χ4v) is 4.61. The molecule has 2 aromatic carbocycles. The molecular weight excluding hydrogens is 368 g/mol. The van der Waals surface area contributed by atoms with Gasteiger partial charge in [-0.05, 0) is 75.6 Å². The standard InChI is InChI=1S/C26H32N4/c1-7-29(8-2)22-14-16(3)24-26(19(22)6)30(20-12-10-9-11-13-20)23-15-21(27)17(4)18(5)25(23)28-24/h9-15,18H,7-8,27H2,1-6H3. The topological polar surface area (TPSA) is 44.9 Å². The molecule has 0 bridgehead atoms. The monoisotopic (exact) mass is 400 g/mol. The Hall–Kier alpha value is -3.01. The lowest BCUT2D eigenvalue weighted by Crippen LogP contribution is -2.34. The van der Waals surface area contributed by atoms with Gasteiger partial charge in [-0.2, -0.15) is 0 Å². The first-order valence-corrected chi connectivity index (χ1v) is 10.9. The van der Waals surface area contributed by atoms with E-state index in [1.54, 1.807) is 0 Å². The largest absolute Gasteiger partial charge is 0.399 e. The Balaban J connectivity index is 2.06. The summed E-state index contributed by atoms with van der Waals surface area (Å²) < 4.78 is 0. The minimum Gasteiger partial charge on any atom is -0.399 e. The number of para-hydroxylation sites is 1. The van der Waals surface area contributed by atoms with Gasteiger partial charge in [0.2, 0.25) is 0 Å². The molecular formula is C26H32N4. The number of allylic oxidation sites excluding steroid dienone is 3. The minimum absolute atomic E-state index is 0.187. The molecule has 4 nitrogen and oxygen atoms in total. The van der Waals surface area contributed by atoms with Gasteiger partial charge >= 0.3 is 0 Å². The predicted molar refractivity (Wildman–Crippen MR) is 129 cm³/mol. The van der Waals surface area contributed by atoms with Gasteiger partial charge in [-0.1, -0.05) is 25.1 Å². The lowest BCUT2D eigenvalue weighted by Gasteiger charge is -2.40. The summed E-state index contributed by atoms with van der Waals surface area (Å²) in [4.78, 5) is 10.0. The van der Waals surface area contributed by atoms with Gasteiger partial charge in [0.05, 0.1) is 22.8 Å². The SMILES string of the molecule is CCN(CC)c1cc(C)c2c(c1C)N(c1ccccc1)C1=CC(N)=C(C)C(C)C1=N2. The van der Waals surface area contributed by atoms with Crippen molar-refractivity contribution in [2.24, 2.45) is 16.6 Å². The number of anilines is 3. The van der Waals surface area contributed by atoms with Crippen LogP contribution in [-0.2, 0) is 0 Å². The van der Waals surface area contributed by atoms with Crippen LogP contribution in [0.5, 0.6) is 0 Å². The van der Waals surface area contributed by atoms with Crippen molar-refractivity contribution in [3.63, 3.8) is 0 Å². The van der Waals surface area contributed by atoms with Gasteiger partial charge in [-0.25, -0.2) is 4.99 Å². The van der Waals surface area contributed by atoms with E-state index in [1.807, 2.05) is 0 Å². The quantitative estimate of drug-likeness (QED) is 0.670. The number of fused-ring (bicyclic) bond motifs is 2. The Bertz CT molecular complexity index is 1070. The molecule has 1 atom stereocenters. The van der Waals surface area contributed by atoms with Crippen LogP contribution in [-0.4, -0.2) is 18.8 Å². The molecule has 1 aliphatic carbocycles. The molecule has 0 radical (unpaired) electrons. The Morgan fingerprint density at radius 1 is 1.07 bits per heavy atom. The van der Waals surface area contributed by atoms with Crippen LogP contribution in [0.15, 0.2) is 64.4 Å². The summed E-state index contributed by atoms with van der Waals surface area (Å²) in [6.45, 7) is 15.1. The maximum absolute atomic E-state index is 6.44. The fraction of sp³-hybridized carbons (Fsp3) is 0.346. The Labute approximate surface area is 180 Å². The number of benzene rings is 2. The molecule has 0 saturated carbocycles. The highest BCUT2D eigenvalue weighted by molar-refractivity contribution is 6.14. The highest BCUT2D eigenvalue weighted by Gasteiger charge is 2.35. The average Bonchev–Trinajstić information content (AvgIpc) is 2.76. The van der Waals surface area contributed by atoms with Gasteiger partial charge in [-0.3, -0.25) is 0 Å². The normalized spacial score (nSPS) is 17.9. The van der Waals surface area contributed by atoms with Crippen molar-refractivity contribution in [1.82, 2.24) is 0 Å². The zero-order chi connectivity index (χ0) is 21.6. The third kappa shape index (κ3) is 3.02. The Morgan fingerprint density at radius 2 is 1.73 bits per heavy atom. The molecule has 2 aliphatic rings. The number of hydrogen-bond donors (Lipinski definition) is 1. The van der Waals surface area contributed by atoms with Crippen LogP contribution in [0, 0.1) is 19.8 Å². The van der Waals surface area contributed by atoms with E-state index in [1.165, 1.54) is 22.4 Å². The lowest BCUT2D eigenvalue weighted by molar-refractivity contribution is 0.855. The third-order valence-electron chi connectivity index (χ3n) is 6.58. The zero-order valence-corrected chi connectivity index (χ0v) is 19.0. The van der Waals surface area contributed by atoms with Crippen LogP contribution in [0.4, 0.5) is 22.7 Å². The number of rotatable bonds is 4. The second kappa shape index (κ2) is 7.67. The third-order valence-corrected chi connectivity index (χ3v) is 6.58. The zero-order valence-electron chi connectivity index (χ0n) is 19.0. The average molecular weight is 401 g/mol. The van der Waals surface area contributed by atoms with Crippen LogP contribution in [0.3, 0.4) is 0 Å². The molecule has 2 N–H and O–H groups in total. The van der Waals surface area contributed by atoms with Gasteiger partial charge < -0.3 is 15.5 Å².